The van der Waals surface area contributed by atoms with Gasteiger partial charge in [-0.25, -0.2) is 4.98 Å². The van der Waals surface area contributed by atoms with Crippen molar-refractivity contribution in [2.24, 2.45) is 0 Å². The summed E-state index contributed by atoms with van der Waals surface area (Å²) in [6.07, 6.45) is 1.83. The maximum absolute atomic E-state index is 5.80. The summed E-state index contributed by atoms with van der Waals surface area (Å²) in [5.74, 6) is 1.01. The largest absolute Gasteiger partial charge is 0.384 e. The molecule has 0 fully saturated rings. The molecule has 2 rings (SSSR count). The first kappa shape index (κ1) is 11.8. The highest BCUT2D eigenvalue weighted by atomic mass is 35.5. The summed E-state index contributed by atoms with van der Waals surface area (Å²) in [6, 6.07) is 7.74. The number of aromatic nitrogens is 1. The van der Waals surface area contributed by atoms with Gasteiger partial charge in [0.1, 0.15) is 4.34 Å². The van der Waals surface area contributed by atoms with Gasteiger partial charge >= 0.3 is 0 Å². The molecule has 1 heterocycles. The minimum atomic E-state index is 0.766. The van der Waals surface area contributed by atoms with E-state index in [0.29, 0.717) is 0 Å². The number of hydrogen-bond acceptors (Lipinski definition) is 4. The Morgan fingerprint density at radius 3 is 2.81 bits per heavy atom. The molecule has 2 nitrogen and oxygen atoms in total. The number of nitrogens with zero attached hydrogens (tertiary/aromatic N) is 1. The van der Waals surface area contributed by atoms with Crippen LogP contribution in [0.15, 0.2) is 40.2 Å². The standard InChI is InChI=1S/C11H11ClN2S2/c12-9-1-3-10(4-2-9)13-5-7-15-11-14-6-8-16-11/h1-4,6,8,13H,5,7H2. The highest BCUT2D eigenvalue weighted by Gasteiger charge is 1.96. The molecule has 16 heavy (non-hydrogen) atoms. The fourth-order valence-corrected chi connectivity index (χ4v) is 2.87. The van der Waals surface area contributed by atoms with Crippen molar-refractivity contribution < 1.29 is 0 Å². The van der Waals surface area contributed by atoms with Gasteiger partial charge in [0, 0.05) is 34.6 Å². The van der Waals surface area contributed by atoms with Crippen molar-refractivity contribution in [3.05, 3.63) is 40.9 Å². The van der Waals surface area contributed by atoms with Crippen LogP contribution in [0.4, 0.5) is 5.69 Å². The smallest absolute Gasteiger partial charge is 0.149 e. The minimum absolute atomic E-state index is 0.766. The predicted octanol–water partition coefficient (Wildman–Crippen LogP) is 4.00. The molecule has 0 aliphatic rings. The second-order valence-electron chi connectivity index (χ2n) is 3.08. The lowest BCUT2D eigenvalue weighted by Crippen LogP contribution is -2.03. The van der Waals surface area contributed by atoms with Crippen LogP contribution in [0.1, 0.15) is 0 Å². The van der Waals surface area contributed by atoms with Gasteiger partial charge in [-0.2, -0.15) is 0 Å². The number of thiazole rings is 1. The molecule has 0 spiro atoms. The predicted molar refractivity (Wildman–Crippen MR) is 72.8 cm³/mol. The van der Waals surface area contributed by atoms with Crippen molar-refractivity contribution in [2.45, 2.75) is 4.34 Å². The van der Waals surface area contributed by atoms with Gasteiger partial charge in [-0.15, -0.1) is 11.3 Å². The molecule has 0 aliphatic carbocycles. The fraction of sp³-hybridized carbons (Fsp3) is 0.182. The zero-order valence-electron chi connectivity index (χ0n) is 8.52. The van der Waals surface area contributed by atoms with E-state index >= 15 is 0 Å². The van der Waals surface area contributed by atoms with Crippen LogP contribution in [-0.2, 0) is 0 Å². The third-order valence-electron chi connectivity index (χ3n) is 1.91. The molecule has 0 atom stereocenters. The van der Waals surface area contributed by atoms with E-state index in [1.165, 1.54) is 0 Å². The number of thioether (sulfide) groups is 1. The molecular weight excluding hydrogens is 260 g/mol. The summed E-state index contributed by atoms with van der Waals surface area (Å²) >= 11 is 9.25. The van der Waals surface area contributed by atoms with Gasteiger partial charge < -0.3 is 5.32 Å². The van der Waals surface area contributed by atoms with Gasteiger partial charge in [-0.3, -0.25) is 0 Å². The molecule has 1 N–H and O–H groups in total. The summed E-state index contributed by atoms with van der Waals surface area (Å²) in [7, 11) is 0. The second-order valence-corrected chi connectivity index (χ2v) is 5.75. The zero-order valence-corrected chi connectivity index (χ0v) is 10.9. The summed E-state index contributed by atoms with van der Waals surface area (Å²) in [6.45, 7) is 0.922. The number of nitrogens with one attached hydrogen (secondary N) is 1. The number of benzene rings is 1. The molecule has 0 saturated heterocycles. The molecule has 0 amide bonds. The molecule has 0 unspecified atom stereocenters. The Kier molecular flexibility index (Phi) is 4.51. The lowest BCUT2D eigenvalue weighted by Gasteiger charge is -2.04. The second kappa shape index (κ2) is 6.13. The van der Waals surface area contributed by atoms with E-state index in [9.17, 15) is 0 Å². The van der Waals surface area contributed by atoms with Crippen LogP contribution in [0.3, 0.4) is 0 Å². The molecule has 0 aliphatic heterocycles. The van der Waals surface area contributed by atoms with Crippen LogP contribution < -0.4 is 5.32 Å². The Balaban J connectivity index is 1.70. The molecule has 1 aromatic carbocycles. The average molecular weight is 271 g/mol. The van der Waals surface area contributed by atoms with E-state index < -0.39 is 0 Å². The number of rotatable bonds is 5. The van der Waals surface area contributed by atoms with Gasteiger partial charge in [0.05, 0.1) is 0 Å². The van der Waals surface area contributed by atoms with Gasteiger partial charge in [-0.05, 0) is 24.3 Å². The maximum Gasteiger partial charge on any atom is 0.149 e. The maximum atomic E-state index is 5.80. The van der Waals surface area contributed by atoms with Crippen LogP contribution in [0.2, 0.25) is 5.02 Å². The highest BCUT2D eigenvalue weighted by molar-refractivity contribution is 8.01. The Hall–Kier alpha value is -0.710. The van der Waals surface area contributed by atoms with Crippen LogP contribution >= 0.6 is 34.7 Å². The van der Waals surface area contributed by atoms with E-state index in [1.807, 2.05) is 35.8 Å². The molecular formula is C11H11ClN2S2. The van der Waals surface area contributed by atoms with Crippen molar-refractivity contribution in [2.75, 3.05) is 17.6 Å². The van der Waals surface area contributed by atoms with Gasteiger partial charge in [0.15, 0.2) is 0 Å². The molecule has 0 saturated carbocycles. The van der Waals surface area contributed by atoms with E-state index in [4.69, 9.17) is 11.6 Å². The summed E-state index contributed by atoms with van der Waals surface area (Å²) < 4.78 is 1.12. The summed E-state index contributed by atoms with van der Waals surface area (Å²) in [4.78, 5) is 4.21. The summed E-state index contributed by atoms with van der Waals surface area (Å²) in [5, 5.41) is 6.09. The van der Waals surface area contributed by atoms with Crippen molar-refractivity contribution >= 4 is 40.4 Å². The quantitative estimate of drug-likeness (QED) is 0.657. The van der Waals surface area contributed by atoms with Gasteiger partial charge in [0.25, 0.3) is 0 Å². The molecule has 2 aromatic rings. The lowest BCUT2D eigenvalue weighted by atomic mass is 10.3. The first-order chi connectivity index (χ1) is 7.84. The Labute approximate surface area is 108 Å². The minimum Gasteiger partial charge on any atom is -0.384 e. The van der Waals surface area contributed by atoms with Crippen molar-refractivity contribution in [1.82, 2.24) is 4.98 Å². The fourth-order valence-electron chi connectivity index (χ4n) is 1.18. The van der Waals surface area contributed by atoms with Crippen molar-refractivity contribution in [1.29, 1.82) is 0 Å². The molecule has 84 valence electrons. The van der Waals surface area contributed by atoms with Crippen molar-refractivity contribution in [3.63, 3.8) is 0 Å². The molecule has 5 heteroatoms. The van der Waals surface area contributed by atoms with E-state index in [2.05, 4.69) is 10.3 Å². The first-order valence-electron chi connectivity index (χ1n) is 4.86. The Bertz CT molecular complexity index is 414. The Morgan fingerprint density at radius 1 is 1.31 bits per heavy atom. The molecule has 0 bridgehead atoms. The zero-order chi connectivity index (χ0) is 11.2. The highest BCUT2D eigenvalue weighted by Crippen LogP contribution is 2.20. The summed E-state index contributed by atoms with van der Waals surface area (Å²) in [5.41, 5.74) is 1.10. The SMILES string of the molecule is Clc1ccc(NCCSc2nccs2)cc1. The average Bonchev–Trinajstić information content (AvgIpc) is 2.80. The molecule has 1 aromatic heterocycles. The normalized spacial score (nSPS) is 10.3. The third-order valence-corrected chi connectivity index (χ3v) is 4.13. The Morgan fingerprint density at radius 2 is 2.12 bits per heavy atom. The van der Waals surface area contributed by atoms with E-state index in [0.717, 1.165) is 27.3 Å². The van der Waals surface area contributed by atoms with E-state index in [1.54, 1.807) is 23.1 Å². The topological polar surface area (TPSA) is 24.9 Å². The van der Waals surface area contributed by atoms with Crippen LogP contribution in [0, 0.1) is 0 Å². The first-order valence-corrected chi connectivity index (χ1v) is 7.10. The number of hydrogen-bond donors (Lipinski definition) is 1. The number of halogens is 1. The van der Waals surface area contributed by atoms with Crippen LogP contribution in [-0.4, -0.2) is 17.3 Å². The third kappa shape index (κ3) is 3.70. The van der Waals surface area contributed by atoms with Gasteiger partial charge in [0.2, 0.25) is 0 Å². The van der Waals surface area contributed by atoms with Crippen LogP contribution in [0.5, 0.6) is 0 Å². The van der Waals surface area contributed by atoms with Crippen molar-refractivity contribution in [3.8, 4) is 0 Å². The van der Waals surface area contributed by atoms with E-state index in [-0.39, 0.29) is 0 Å². The van der Waals surface area contributed by atoms with Gasteiger partial charge in [-0.1, -0.05) is 23.4 Å². The van der Waals surface area contributed by atoms with Crippen LogP contribution in [0.25, 0.3) is 0 Å². The monoisotopic (exact) mass is 270 g/mol. The molecule has 0 radical (unpaired) electrons. The lowest BCUT2D eigenvalue weighted by molar-refractivity contribution is 1.20. The number of anilines is 1.